The number of H-pyrrole nitrogens is 1. The molecule has 0 spiro atoms. The van der Waals surface area contributed by atoms with Crippen LogP contribution in [0.1, 0.15) is 22.6 Å². The number of imidazole rings is 1. The van der Waals surface area contributed by atoms with Crippen molar-refractivity contribution in [3.63, 3.8) is 0 Å². The van der Waals surface area contributed by atoms with Crippen molar-refractivity contribution in [2.24, 2.45) is 0 Å². The highest BCUT2D eigenvalue weighted by Gasteiger charge is 2.15. The molecule has 6 nitrogen and oxygen atoms in total. The lowest BCUT2D eigenvalue weighted by Crippen LogP contribution is -2.11. The Morgan fingerprint density at radius 1 is 1.24 bits per heavy atom. The van der Waals surface area contributed by atoms with Crippen molar-refractivity contribution in [2.45, 2.75) is 6.43 Å². The molecule has 0 aliphatic carbocycles. The monoisotopic (exact) mass is 434 g/mol. The van der Waals surface area contributed by atoms with Crippen LogP contribution in [-0.2, 0) is 0 Å². The van der Waals surface area contributed by atoms with Crippen LogP contribution in [0.15, 0.2) is 41.8 Å². The summed E-state index contributed by atoms with van der Waals surface area (Å²) in [6, 6.07) is 9.79. The number of thiazole rings is 1. The number of aromatic nitrogens is 3. The fourth-order valence-corrected chi connectivity index (χ4v) is 3.71. The molecule has 0 radical (unpaired) electrons. The van der Waals surface area contributed by atoms with Gasteiger partial charge in [0.15, 0.2) is 11.0 Å². The quantitative estimate of drug-likeness (QED) is 0.432. The number of methoxy groups -OCH3 is 1. The van der Waals surface area contributed by atoms with Gasteiger partial charge in [0.25, 0.3) is 12.3 Å². The highest BCUT2D eigenvalue weighted by atomic mass is 35.5. The number of rotatable bonds is 5. The second-order valence-electron chi connectivity index (χ2n) is 6.00. The van der Waals surface area contributed by atoms with Crippen LogP contribution in [0.25, 0.3) is 22.3 Å². The number of carbonyl (C=O) groups excluding carboxylic acids is 1. The third-order valence-corrected chi connectivity index (χ3v) is 5.19. The van der Waals surface area contributed by atoms with Gasteiger partial charge in [-0.25, -0.2) is 18.7 Å². The number of halogens is 3. The van der Waals surface area contributed by atoms with E-state index >= 15 is 0 Å². The average Bonchev–Trinajstić information content (AvgIpc) is 3.34. The first kappa shape index (κ1) is 19.3. The maximum atomic E-state index is 12.8. The zero-order valence-electron chi connectivity index (χ0n) is 14.9. The summed E-state index contributed by atoms with van der Waals surface area (Å²) in [5, 5.41) is 5.36. The number of hydrogen-bond donors (Lipinski definition) is 2. The van der Waals surface area contributed by atoms with Crippen LogP contribution >= 0.6 is 22.9 Å². The molecule has 148 valence electrons. The predicted molar refractivity (Wildman–Crippen MR) is 108 cm³/mol. The molecule has 1 amide bonds. The summed E-state index contributed by atoms with van der Waals surface area (Å²) in [6.45, 7) is 0. The van der Waals surface area contributed by atoms with E-state index in [2.05, 4.69) is 20.3 Å². The second kappa shape index (κ2) is 7.76. The lowest BCUT2D eigenvalue weighted by molar-refractivity contribution is 0.102. The van der Waals surface area contributed by atoms with Crippen molar-refractivity contribution in [3.05, 3.63) is 58.2 Å². The van der Waals surface area contributed by atoms with Gasteiger partial charge in [-0.1, -0.05) is 11.6 Å². The van der Waals surface area contributed by atoms with E-state index in [-0.39, 0.29) is 0 Å². The zero-order valence-corrected chi connectivity index (χ0v) is 16.4. The molecule has 29 heavy (non-hydrogen) atoms. The maximum absolute atomic E-state index is 12.8. The van der Waals surface area contributed by atoms with Gasteiger partial charge in [-0.2, -0.15) is 0 Å². The van der Waals surface area contributed by atoms with E-state index < -0.39 is 18.2 Å². The molecule has 4 aromatic rings. The van der Waals surface area contributed by atoms with Crippen molar-refractivity contribution in [1.29, 1.82) is 0 Å². The van der Waals surface area contributed by atoms with Crippen molar-refractivity contribution in [1.82, 2.24) is 15.0 Å². The standard InChI is InChI=1S/C19H13ClF2N4O2S/c1-28-15-5-3-9(6-11(15)20)14-8-29-19(25-14)26-18(27)10-2-4-12-13(7-10)24-17(23-12)16(21)22/h2-8,16H,1H3,(H,23,24)(H,25,26,27). The molecular formula is C19H13ClF2N4O2S. The molecule has 0 aliphatic rings. The summed E-state index contributed by atoms with van der Waals surface area (Å²) in [5.41, 5.74) is 2.46. The van der Waals surface area contributed by atoms with Crippen LogP contribution in [0.3, 0.4) is 0 Å². The summed E-state index contributed by atoms with van der Waals surface area (Å²) in [5.74, 6) is -0.280. The Morgan fingerprint density at radius 3 is 2.79 bits per heavy atom. The fourth-order valence-electron chi connectivity index (χ4n) is 2.73. The van der Waals surface area contributed by atoms with Crippen molar-refractivity contribution in [2.75, 3.05) is 12.4 Å². The van der Waals surface area contributed by atoms with Gasteiger partial charge in [0.05, 0.1) is 28.9 Å². The summed E-state index contributed by atoms with van der Waals surface area (Å²) in [7, 11) is 1.53. The summed E-state index contributed by atoms with van der Waals surface area (Å²) >= 11 is 7.40. The Balaban J connectivity index is 1.53. The lowest BCUT2D eigenvalue weighted by Gasteiger charge is -2.04. The van der Waals surface area contributed by atoms with E-state index in [9.17, 15) is 13.6 Å². The molecule has 2 heterocycles. The Kier molecular flexibility index (Phi) is 5.16. The molecular weight excluding hydrogens is 422 g/mol. The Morgan fingerprint density at radius 2 is 2.07 bits per heavy atom. The Hall–Kier alpha value is -3.04. The normalized spacial score (nSPS) is 11.2. The fraction of sp³-hybridized carbons (Fsp3) is 0.105. The Bertz CT molecular complexity index is 1210. The van der Waals surface area contributed by atoms with Crippen molar-refractivity contribution in [3.8, 4) is 17.0 Å². The number of ether oxygens (including phenoxy) is 1. The number of nitrogens with zero attached hydrogens (tertiary/aromatic N) is 2. The van der Waals surface area contributed by atoms with Gasteiger partial charge in [-0.3, -0.25) is 10.1 Å². The zero-order chi connectivity index (χ0) is 20.5. The van der Waals surface area contributed by atoms with E-state index in [1.54, 1.807) is 17.5 Å². The molecule has 10 heteroatoms. The van der Waals surface area contributed by atoms with Gasteiger partial charge in [0.1, 0.15) is 5.75 Å². The third-order valence-electron chi connectivity index (χ3n) is 4.14. The number of amides is 1. The highest BCUT2D eigenvalue weighted by molar-refractivity contribution is 7.14. The number of anilines is 1. The molecule has 0 unspecified atom stereocenters. The van der Waals surface area contributed by atoms with Crippen LogP contribution in [-0.4, -0.2) is 28.0 Å². The largest absolute Gasteiger partial charge is 0.495 e. The minimum Gasteiger partial charge on any atom is -0.495 e. The maximum Gasteiger partial charge on any atom is 0.295 e. The summed E-state index contributed by atoms with van der Waals surface area (Å²) in [6.07, 6.45) is -2.71. The number of hydrogen-bond acceptors (Lipinski definition) is 5. The first-order valence-corrected chi connectivity index (χ1v) is 9.59. The number of nitrogens with one attached hydrogen (secondary N) is 2. The van der Waals surface area contributed by atoms with Gasteiger partial charge in [-0.05, 0) is 36.4 Å². The SMILES string of the molecule is COc1ccc(-c2csc(NC(=O)c3ccc4nc(C(F)F)[nH]c4c3)n2)cc1Cl. The summed E-state index contributed by atoms with van der Waals surface area (Å²) < 4.78 is 30.7. The van der Waals surface area contributed by atoms with Gasteiger partial charge < -0.3 is 9.72 Å². The molecule has 0 saturated carbocycles. The molecule has 2 aromatic carbocycles. The number of aromatic amines is 1. The minimum atomic E-state index is -2.71. The second-order valence-corrected chi connectivity index (χ2v) is 7.26. The van der Waals surface area contributed by atoms with E-state index in [1.165, 1.54) is 36.6 Å². The lowest BCUT2D eigenvalue weighted by atomic mass is 10.2. The first-order valence-electron chi connectivity index (χ1n) is 8.33. The molecule has 4 rings (SSSR count). The van der Waals surface area contributed by atoms with Crippen LogP contribution in [0.4, 0.5) is 13.9 Å². The molecule has 2 aromatic heterocycles. The predicted octanol–water partition coefficient (Wildman–Crippen LogP) is 5.54. The number of fused-ring (bicyclic) bond motifs is 1. The van der Waals surface area contributed by atoms with Gasteiger partial charge >= 0.3 is 0 Å². The van der Waals surface area contributed by atoms with Crippen LogP contribution in [0.2, 0.25) is 5.02 Å². The van der Waals surface area contributed by atoms with Crippen molar-refractivity contribution < 1.29 is 18.3 Å². The van der Waals surface area contributed by atoms with E-state index in [1.807, 2.05) is 6.07 Å². The molecule has 0 fully saturated rings. The topological polar surface area (TPSA) is 79.9 Å². The van der Waals surface area contributed by atoms with Crippen LogP contribution < -0.4 is 10.1 Å². The van der Waals surface area contributed by atoms with Crippen LogP contribution in [0.5, 0.6) is 5.75 Å². The van der Waals surface area contributed by atoms with E-state index in [0.717, 1.165) is 5.56 Å². The Labute approximate surface area is 172 Å². The molecule has 0 aliphatic heterocycles. The third kappa shape index (κ3) is 3.92. The van der Waals surface area contributed by atoms with Gasteiger partial charge in [-0.15, -0.1) is 11.3 Å². The molecule has 2 N–H and O–H groups in total. The first-order chi connectivity index (χ1) is 13.9. The van der Waals surface area contributed by atoms with Gasteiger partial charge in [0, 0.05) is 16.5 Å². The highest BCUT2D eigenvalue weighted by Crippen LogP contribution is 2.32. The smallest absolute Gasteiger partial charge is 0.295 e. The van der Waals surface area contributed by atoms with E-state index in [4.69, 9.17) is 16.3 Å². The number of benzene rings is 2. The van der Waals surface area contributed by atoms with Gasteiger partial charge in [0.2, 0.25) is 0 Å². The molecule has 0 saturated heterocycles. The molecule has 0 bridgehead atoms. The average molecular weight is 435 g/mol. The summed E-state index contributed by atoms with van der Waals surface area (Å²) in [4.78, 5) is 23.2. The van der Waals surface area contributed by atoms with Crippen molar-refractivity contribution >= 4 is 45.0 Å². The van der Waals surface area contributed by atoms with E-state index in [0.29, 0.717) is 38.2 Å². The number of alkyl halides is 2. The minimum absolute atomic E-state index is 0.297. The number of carbonyl (C=O) groups is 1. The molecule has 0 atom stereocenters. The van der Waals surface area contributed by atoms with Crippen LogP contribution in [0, 0.1) is 0 Å².